The molecule has 2 rings (SSSR count). The Morgan fingerprint density at radius 3 is 2.67 bits per heavy atom. The standard InChI is InChI=1S/C13H16N4S/c1-10-7-12(17-14)16-13(15-10)9-18-8-11-5-3-2-4-6-11/h2-7H,8-9,14H2,1H3,(H,15,16,17). The van der Waals surface area contributed by atoms with Gasteiger partial charge in [-0.15, -0.1) is 11.8 Å². The van der Waals surface area contributed by atoms with Crippen LogP contribution in [0.1, 0.15) is 17.1 Å². The highest BCUT2D eigenvalue weighted by atomic mass is 32.2. The molecule has 0 spiro atoms. The second-order valence-electron chi connectivity index (χ2n) is 3.93. The van der Waals surface area contributed by atoms with Gasteiger partial charge in [0.25, 0.3) is 0 Å². The van der Waals surface area contributed by atoms with Crippen molar-refractivity contribution in [3.8, 4) is 0 Å². The first kappa shape index (κ1) is 12.9. The molecule has 94 valence electrons. The summed E-state index contributed by atoms with van der Waals surface area (Å²) in [6.45, 7) is 1.94. The number of hydrazine groups is 1. The van der Waals surface area contributed by atoms with Crippen molar-refractivity contribution in [2.45, 2.75) is 18.4 Å². The maximum absolute atomic E-state index is 5.36. The number of hydrogen-bond donors (Lipinski definition) is 2. The van der Waals surface area contributed by atoms with E-state index < -0.39 is 0 Å². The zero-order valence-electron chi connectivity index (χ0n) is 10.3. The highest BCUT2D eigenvalue weighted by molar-refractivity contribution is 7.97. The van der Waals surface area contributed by atoms with E-state index in [2.05, 4.69) is 39.7 Å². The Balaban J connectivity index is 1.92. The van der Waals surface area contributed by atoms with Gasteiger partial charge in [0.2, 0.25) is 0 Å². The van der Waals surface area contributed by atoms with Gasteiger partial charge in [-0.05, 0) is 12.5 Å². The zero-order chi connectivity index (χ0) is 12.8. The van der Waals surface area contributed by atoms with Gasteiger partial charge in [-0.1, -0.05) is 30.3 Å². The minimum absolute atomic E-state index is 0.665. The smallest absolute Gasteiger partial charge is 0.143 e. The molecule has 3 N–H and O–H groups in total. The summed E-state index contributed by atoms with van der Waals surface area (Å²) < 4.78 is 0. The number of hydrogen-bond acceptors (Lipinski definition) is 5. The minimum atomic E-state index is 0.665. The highest BCUT2D eigenvalue weighted by Crippen LogP contribution is 2.16. The van der Waals surface area contributed by atoms with Crippen LogP contribution < -0.4 is 11.3 Å². The van der Waals surface area contributed by atoms with Gasteiger partial charge in [-0.25, -0.2) is 15.8 Å². The summed E-state index contributed by atoms with van der Waals surface area (Å²) in [6, 6.07) is 12.2. The van der Waals surface area contributed by atoms with E-state index in [4.69, 9.17) is 5.84 Å². The van der Waals surface area contributed by atoms with Gasteiger partial charge in [0, 0.05) is 17.5 Å². The fourth-order valence-electron chi connectivity index (χ4n) is 1.60. The number of benzene rings is 1. The van der Waals surface area contributed by atoms with Crippen molar-refractivity contribution in [2.75, 3.05) is 5.43 Å². The van der Waals surface area contributed by atoms with Gasteiger partial charge in [-0.2, -0.15) is 0 Å². The summed E-state index contributed by atoms with van der Waals surface area (Å²) in [5.74, 6) is 8.58. The van der Waals surface area contributed by atoms with E-state index in [9.17, 15) is 0 Å². The van der Waals surface area contributed by atoms with Crippen LogP contribution in [0.15, 0.2) is 36.4 Å². The SMILES string of the molecule is Cc1cc(NN)nc(CSCc2ccccc2)n1. The number of nitrogen functional groups attached to an aromatic ring is 1. The predicted molar refractivity (Wildman–Crippen MR) is 76.0 cm³/mol. The molecule has 0 radical (unpaired) electrons. The summed E-state index contributed by atoms with van der Waals surface area (Å²) in [7, 11) is 0. The van der Waals surface area contributed by atoms with E-state index in [1.54, 1.807) is 11.8 Å². The Kier molecular flexibility index (Phi) is 4.55. The molecule has 0 amide bonds. The second-order valence-corrected chi connectivity index (χ2v) is 4.92. The molecule has 0 saturated carbocycles. The summed E-state index contributed by atoms with van der Waals surface area (Å²) in [5.41, 5.74) is 4.79. The van der Waals surface area contributed by atoms with Crippen molar-refractivity contribution in [1.82, 2.24) is 9.97 Å². The minimum Gasteiger partial charge on any atom is -0.308 e. The molecule has 1 aromatic carbocycles. The van der Waals surface area contributed by atoms with Gasteiger partial charge in [0.1, 0.15) is 11.6 Å². The molecule has 0 aliphatic rings. The van der Waals surface area contributed by atoms with Crippen LogP contribution in [0, 0.1) is 6.92 Å². The molecule has 0 bridgehead atoms. The van der Waals surface area contributed by atoms with Crippen LogP contribution in [-0.2, 0) is 11.5 Å². The molecule has 0 fully saturated rings. The normalized spacial score (nSPS) is 10.3. The largest absolute Gasteiger partial charge is 0.308 e. The van der Waals surface area contributed by atoms with Crippen molar-refractivity contribution in [1.29, 1.82) is 0 Å². The molecule has 0 unspecified atom stereocenters. The molecule has 0 saturated heterocycles. The molecule has 18 heavy (non-hydrogen) atoms. The molecule has 2 aromatic rings. The maximum Gasteiger partial charge on any atom is 0.143 e. The predicted octanol–water partition coefficient (Wildman–Crippen LogP) is 2.50. The lowest BCUT2D eigenvalue weighted by Gasteiger charge is -2.05. The molecule has 5 heteroatoms. The number of thioether (sulfide) groups is 1. The second kappa shape index (κ2) is 6.37. The van der Waals surface area contributed by atoms with Gasteiger partial charge in [0.15, 0.2) is 0 Å². The summed E-state index contributed by atoms with van der Waals surface area (Å²) in [5, 5.41) is 0. The van der Waals surface area contributed by atoms with Crippen LogP contribution in [0.25, 0.3) is 0 Å². The number of anilines is 1. The number of aromatic nitrogens is 2. The van der Waals surface area contributed by atoms with Crippen molar-refractivity contribution in [3.63, 3.8) is 0 Å². The van der Waals surface area contributed by atoms with Gasteiger partial charge in [-0.3, -0.25) is 0 Å². The van der Waals surface area contributed by atoms with E-state index in [1.807, 2.05) is 19.1 Å². The fourth-order valence-corrected chi connectivity index (χ4v) is 2.44. The summed E-state index contributed by atoms with van der Waals surface area (Å²) in [6.07, 6.45) is 0. The van der Waals surface area contributed by atoms with Crippen molar-refractivity contribution in [2.24, 2.45) is 5.84 Å². The molecule has 0 aliphatic carbocycles. The molecular weight excluding hydrogens is 244 g/mol. The first-order valence-corrected chi connectivity index (χ1v) is 6.86. The third-order valence-corrected chi connectivity index (χ3v) is 3.39. The number of nitrogens with two attached hydrogens (primary N) is 1. The average Bonchev–Trinajstić information content (AvgIpc) is 2.39. The third-order valence-electron chi connectivity index (χ3n) is 2.39. The van der Waals surface area contributed by atoms with Gasteiger partial charge < -0.3 is 5.43 Å². The first-order chi connectivity index (χ1) is 8.78. The Bertz CT molecular complexity index is 502. The van der Waals surface area contributed by atoms with Crippen LogP contribution in [0.4, 0.5) is 5.82 Å². The number of rotatable bonds is 5. The van der Waals surface area contributed by atoms with Gasteiger partial charge in [0.05, 0.1) is 5.75 Å². The zero-order valence-corrected chi connectivity index (χ0v) is 11.1. The molecule has 1 aromatic heterocycles. The average molecular weight is 260 g/mol. The van der Waals surface area contributed by atoms with E-state index in [-0.39, 0.29) is 0 Å². The lowest BCUT2D eigenvalue weighted by atomic mass is 10.2. The molecular formula is C13H16N4S. The van der Waals surface area contributed by atoms with Crippen LogP contribution in [0.5, 0.6) is 0 Å². The third kappa shape index (κ3) is 3.72. The molecule has 4 nitrogen and oxygen atoms in total. The van der Waals surface area contributed by atoms with E-state index >= 15 is 0 Å². The van der Waals surface area contributed by atoms with Crippen LogP contribution in [0.2, 0.25) is 0 Å². The molecule has 1 heterocycles. The topological polar surface area (TPSA) is 63.8 Å². The monoisotopic (exact) mass is 260 g/mol. The first-order valence-electron chi connectivity index (χ1n) is 5.71. The highest BCUT2D eigenvalue weighted by Gasteiger charge is 2.02. The Morgan fingerprint density at radius 2 is 1.94 bits per heavy atom. The molecule has 0 atom stereocenters. The summed E-state index contributed by atoms with van der Waals surface area (Å²) >= 11 is 1.79. The van der Waals surface area contributed by atoms with Crippen molar-refractivity contribution < 1.29 is 0 Å². The maximum atomic E-state index is 5.36. The van der Waals surface area contributed by atoms with E-state index in [0.717, 1.165) is 23.0 Å². The van der Waals surface area contributed by atoms with E-state index in [0.29, 0.717) is 5.82 Å². The van der Waals surface area contributed by atoms with Crippen molar-refractivity contribution in [3.05, 3.63) is 53.5 Å². The quantitative estimate of drug-likeness (QED) is 0.639. The van der Waals surface area contributed by atoms with Gasteiger partial charge >= 0.3 is 0 Å². The molecule has 0 aliphatic heterocycles. The Labute approximate surface area is 111 Å². The van der Waals surface area contributed by atoms with Crippen LogP contribution in [0.3, 0.4) is 0 Å². The number of nitrogens with zero attached hydrogens (tertiary/aromatic N) is 2. The number of nitrogens with one attached hydrogen (secondary N) is 1. The van der Waals surface area contributed by atoms with Crippen LogP contribution in [-0.4, -0.2) is 9.97 Å². The Hall–Kier alpha value is -1.59. The summed E-state index contributed by atoms with van der Waals surface area (Å²) in [4.78, 5) is 8.70. The van der Waals surface area contributed by atoms with Crippen LogP contribution >= 0.6 is 11.8 Å². The number of aryl methyl sites for hydroxylation is 1. The van der Waals surface area contributed by atoms with Crippen molar-refractivity contribution >= 4 is 17.6 Å². The van der Waals surface area contributed by atoms with E-state index in [1.165, 1.54) is 5.56 Å². The lowest BCUT2D eigenvalue weighted by Crippen LogP contribution is -2.10. The lowest BCUT2D eigenvalue weighted by molar-refractivity contribution is 0.990. The fraction of sp³-hybridized carbons (Fsp3) is 0.231. The Morgan fingerprint density at radius 1 is 1.17 bits per heavy atom.